The van der Waals surface area contributed by atoms with Crippen LogP contribution in [-0.4, -0.2) is 16.4 Å². The summed E-state index contributed by atoms with van der Waals surface area (Å²) in [4.78, 5) is 17.2. The minimum atomic E-state index is 0.405. The van der Waals surface area contributed by atoms with E-state index in [1.165, 1.54) is 0 Å². The number of hydrogen-bond acceptors (Lipinski definition) is 3. The minimum Gasteiger partial charge on any atom is -0.369 e. The lowest BCUT2D eigenvalue weighted by Gasteiger charge is -1.97. The van der Waals surface area contributed by atoms with Crippen molar-refractivity contribution in [2.75, 3.05) is 5.73 Å². The highest BCUT2D eigenvalue weighted by atomic mass is 16.1. The first-order chi connectivity index (χ1) is 6.79. The molecule has 1 aliphatic rings. The molecule has 0 saturated heterocycles. The lowest BCUT2D eigenvalue weighted by molar-refractivity contribution is -0.108. The second-order valence-electron chi connectivity index (χ2n) is 2.95. The third kappa shape index (κ3) is 1.52. The predicted molar refractivity (Wildman–Crippen MR) is 53.1 cm³/mol. The normalized spacial score (nSPS) is 14.1. The first-order valence-electron chi connectivity index (χ1n) is 4.22. The third-order valence-corrected chi connectivity index (χ3v) is 1.99. The van der Waals surface area contributed by atoms with E-state index >= 15 is 0 Å². The number of amides is 1. The van der Waals surface area contributed by atoms with Crippen LogP contribution in [-0.2, 0) is 4.79 Å². The van der Waals surface area contributed by atoms with E-state index in [1.807, 2.05) is 18.2 Å². The fourth-order valence-corrected chi connectivity index (χ4v) is 1.34. The maximum Gasteiger partial charge on any atom is 0.211 e. The number of nitrogens with one attached hydrogen (secondary N) is 2. The van der Waals surface area contributed by atoms with Crippen LogP contribution in [0.25, 0.3) is 12.2 Å². The number of fused-ring (bicyclic) bond motifs is 1. The average Bonchev–Trinajstić information content (AvgIpc) is 2.42. The zero-order chi connectivity index (χ0) is 9.97. The van der Waals surface area contributed by atoms with Crippen molar-refractivity contribution in [3.8, 4) is 0 Å². The highest BCUT2D eigenvalue weighted by Crippen LogP contribution is 1.98. The number of carbonyl (C=O) groups excluding carboxylic acids is 1. The number of aromatic amines is 1. The summed E-state index contributed by atoms with van der Waals surface area (Å²) in [6, 6.07) is 0. The Morgan fingerprint density at radius 1 is 1.57 bits per heavy atom. The van der Waals surface area contributed by atoms with E-state index in [2.05, 4.69) is 15.3 Å². The first kappa shape index (κ1) is 8.55. The SMILES string of the molecule is Nc1nc2c([nH]1)=CC=C(NC=O)CC=2. The van der Waals surface area contributed by atoms with Gasteiger partial charge in [-0.25, -0.2) is 4.98 Å². The van der Waals surface area contributed by atoms with Gasteiger partial charge in [0.1, 0.15) is 0 Å². The molecule has 1 aromatic rings. The van der Waals surface area contributed by atoms with Crippen molar-refractivity contribution >= 4 is 24.5 Å². The van der Waals surface area contributed by atoms with Crippen LogP contribution in [0.1, 0.15) is 6.42 Å². The van der Waals surface area contributed by atoms with Crippen molar-refractivity contribution in [2.24, 2.45) is 0 Å². The van der Waals surface area contributed by atoms with Crippen molar-refractivity contribution in [3.05, 3.63) is 22.5 Å². The molecule has 1 aliphatic carbocycles. The Labute approximate surface area is 80.0 Å². The number of H-pyrrole nitrogens is 1. The number of nitrogens with two attached hydrogens (primary N) is 1. The molecule has 0 unspecified atom stereocenters. The molecule has 0 bridgehead atoms. The number of nitrogens with zero attached hydrogens (tertiary/aromatic N) is 1. The molecular formula is C9H10N4O. The molecular weight excluding hydrogens is 180 g/mol. The molecule has 4 N–H and O–H groups in total. The van der Waals surface area contributed by atoms with Gasteiger partial charge in [-0.3, -0.25) is 4.79 Å². The average molecular weight is 190 g/mol. The standard InChI is InChI=1S/C9H10N4O/c10-9-12-7-3-1-6(11-5-14)2-4-8(7)13-9/h1,3-5H,2H2,(H,11,14)(H3,10,12,13). The summed E-state index contributed by atoms with van der Waals surface area (Å²) >= 11 is 0. The fraction of sp³-hybridized carbons (Fsp3) is 0.111. The van der Waals surface area contributed by atoms with Gasteiger partial charge in [-0.15, -0.1) is 0 Å². The molecule has 5 nitrogen and oxygen atoms in total. The minimum absolute atomic E-state index is 0.405. The molecule has 0 atom stereocenters. The molecule has 14 heavy (non-hydrogen) atoms. The monoisotopic (exact) mass is 190 g/mol. The van der Waals surface area contributed by atoms with Gasteiger partial charge in [0.05, 0.1) is 10.7 Å². The molecule has 0 aromatic carbocycles. The van der Waals surface area contributed by atoms with E-state index < -0.39 is 0 Å². The smallest absolute Gasteiger partial charge is 0.211 e. The van der Waals surface area contributed by atoms with Crippen LogP contribution in [0.15, 0.2) is 11.8 Å². The summed E-state index contributed by atoms with van der Waals surface area (Å²) in [7, 11) is 0. The largest absolute Gasteiger partial charge is 0.369 e. The topological polar surface area (TPSA) is 83.8 Å². The van der Waals surface area contributed by atoms with Crippen molar-refractivity contribution in [2.45, 2.75) is 6.42 Å². The van der Waals surface area contributed by atoms with Gasteiger partial charge in [-0.2, -0.15) is 0 Å². The van der Waals surface area contributed by atoms with Gasteiger partial charge in [0.2, 0.25) is 6.41 Å². The van der Waals surface area contributed by atoms with Gasteiger partial charge < -0.3 is 16.0 Å². The van der Waals surface area contributed by atoms with E-state index in [1.54, 1.807) is 0 Å². The first-order valence-corrected chi connectivity index (χ1v) is 4.22. The molecule has 5 heteroatoms. The van der Waals surface area contributed by atoms with Crippen molar-refractivity contribution in [1.29, 1.82) is 0 Å². The number of anilines is 1. The van der Waals surface area contributed by atoms with Gasteiger partial charge in [0.15, 0.2) is 5.95 Å². The highest BCUT2D eigenvalue weighted by Gasteiger charge is 1.99. The molecule has 1 aromatic heterocycles. The number of allylic oxidation sites excluding steroid dienone is 2. The second-order valence-corrected chi connectivity index (χ2v) is 2.95. The highest BCUT2D eigenvalue weighted by molar-refractivity contribution is 5.55. The van der Waals surface area contributed by atoms with Gasteiger partial charge in [-0.05, 0) is 12.2 Å². The zero-order valence-electron chi connectivity index (χ0n) is 7.45. The lowest BCUT2D eigenvalue weighted by Crippen LogP contribution is -2.23. The van der Waals surface area contributed by atoms with Gasteiger partial charge in [-0.1, -0.05) is 6.08 Å². The summed E-state index contributed by atoms with van der Waals surface area (Å²) in [5.41, 5.74) is 6.34. The van der Waals surface area contributed by atoms with E-state index in [4.69, 9.17) is 5.73 Å². The Bertz CT molecular complexity index is 497. The van der Waals surface area contributed by atoms with E-state index in [-0.39, 0.29) is 0 Å². The maximum atomic E-state index is 10.2. The Kier molecular flexibility index (Phi) is 2.06. The van der Waals surface area contributed by atoms with Gasteiger partial charge in [0, 0.05) is 12.1 Å². The molecule has 1 heterocycles. The van der Waals surface area contributed by atoms with Crippen LogP contribution < -0.4 is 21.7 Å². The van der Waals surface area contributed by atoms with Crippen LogP contribution in [0, 0.1) is 0 Å². The predicted octanol–water partition coefficient (Wildman–Crippen LogP) is -1.41. The number of carbonyl (C=O) groups is 1. The lowest BCUT2D eigenvalue weighted by atomic mass is 10.3. The van der Waals surface area contributed by atoms with Crippen LogP contribution in [0.5, 0.6) is 0 Å². The summed E-state index contributed by atoms with van der Waals surface area (Å²) in [6.07, 6.45) is 6.89. The number of hydrogen-bond donors (Lipinski definition) is 3. The number of rotatable bonds is 2. The van der Waals surface area contributed by atoms with E-state index in [0.717, 1.165) is 16.4 Å². The van der Waals surface area contributed by atoms with E-state index in [9.17, 15) is 4.79 Å². The number of aromatic nitrogens is 2. The number of imidazole rings is 1. The quantitative estimate of drug-likeness (QED) is 0.501. The molecule has 1 amide bonds. The Balaban J connectivity index is 2.45. The zero-order valence-corrected chi connectivity index (χ0v) is 7.45. The molecule has 0 radical (unpaired) electrons. The Morgan fingerprint density at radius 3 is 3.21 bits per heavy atom. The summed E-state index contributed by atoms with van der Waals surface area (Å²) < 4.78 is 0. The van der Waals surface area contributed by atoms with Gasteiger partial charge in [0.25, 0.3) is 0 Å². The van der Waals surface area contributed by atoms with E-state index in [0.29, 0.717) is 18.8 Å². The third-order valence-electron chi connectivity index (χ3n) is 1.99. The van der Waals surface area contributed by atoms with Gasteiger partial charge >= 0.3 is 0 Å². The molecule has 72 valence electrons. The Morgan fingerprint density at radius 2 is 2.43 bits per heavy atom. The van der Waals surface area contributed by atoms with Crippen LogP contribution in [0.3, 0.4) is 0 Å². The summed E-state index contributed by atoms with van der Waals surface area (Å²) in [5, 5.41) is 4.30. The van der Waals surface area contributed by atoms with Crippen LogP contribution >= 0.6 is 0 Å². The number of nitrogen functional groups attached to an aromatic ring is 1. The van der Waals surface area contributed by atoms with Crippen LogP contribution in [0.2, 0.25) is 0 Å². The molecule has 0 fully saturated rings. The fourth-order valence-electron chi connectivity index (χ4n) is 1.34. The molecule has 0 saturated carbocycles. The molecule has 2 rings (SSSR count). The Hall–Kier alpha value is -2.04. The van der Waals surface area contributed by atoms with Crippen LogP contribution in [0.4, 0.5) is 5.95 Å². The van der Waals surface area contributed by atoms with Crippen molar-refractivity contribution < 1.29 is 4.79 Å². The molecule has 0 spiro atoms. The van der Waals surface area contributed by atoms with Crippen molar-refractivity contribution in [1.82, 2.24) is 15.3 Å². The summed E-state index contributed by atoms with van der Waals surface area (Å²) in [6.45, 7) is 0. The molecule has 0 aliphatic heterocycles. The maximum absolute atomic E-state index is 10.2. The van der Waals surface area contributed by atoms with Crippen molar-refractivity contribution in [3.63, 3.8) is 0 Å². The second kappa shape index (κ2) is 3.37. The summed E-state index contributed by atoms with van der Waals surface area (Å²) in [5.74, 6) is 0.405.